The molecule has 1 aromatic rings. The first-order valence-corrected chi connectivity index (χ1v) is 9.37. The van der Waals surface area contributed by atoms with Crippen molar-refractivity contribution >= 4 is 27.4 Å². The van der Waals surface area contributed by atoms with Crippen LogP contribution in [0, 0.1) is 11.8 Å². The van der Waals surface area contributed by atoms with Gasteiger partial charge in [-0.25, -0.2) is 13.2 Å². The fourth-order valence-corrected chi connectivity index (χ4v) is 3.72. The van der Waals surface area contributed by atoms with Gasteiger partial charge in [0.2, 0.25) is 0 Å². The lowest BCUT2D eigenvalue weighted by molar-refractivity contribution is 0.0395. The number of ether oxygens (including phenoxy) is 1. The summed E-state index contributed by atoms with van der Waals surface area (Å²) in [5, 5.41) is 0.102. The van der Waals surface area contributed by atoms with Gasteiger partial charge >= 0.3 is 5.97 Å². The average Bonchev–Trinajstić information content (AvgIpc) is 2.45. The molecule has 0 saturated carbocycles. The molecule has 120 valence electrons. The van der Waals surface area contributed by atoms with E-state index in [0.717, 1.165) is 19.1 Å². The minimum Gasteiger partial charge on any atom is -0.462 e. The molecule has 0 N–H and O–H groups in total. The fourth-order valence-electron chi connectivity index (χ4n) is 2.42. The van der Waals surface area contributed by atoms with Crippen LogP contribution in [0.15, 0.2) is 35.2 Å². The molecule has 1 aliphatic carbocycles. The topological polar surface area (TPSA) is 60.4 Å². The van der Waals surface area contributed by atoms with Crippen LogP contribution in [0.2, 0.25) is 5.02 Å². The normalized spacial score (nSPS) is 21.6. The van der Waals surface area contributed by atoms with Crippen LogP contribution in [-0.2, 0) is 14.6 Å². The van der Waals surface area contributed by atoms with Crippen molar-refractivity contribution in [2.45, 2.75) is 24.7 Å². The Morgan fingerprint density at radius 2 is 2.00 bits per heavy atom. The molecule has 0 fully saturated rings. The Bertz CT molecular complexity index is 694. The number of carbonyl (C=O) groups excluding carboxylic acids is 1. The Hall–Kier alpha value is -1.33. The van der Waals surface area contributed by atoms with E-state index in [4.69, 9.17) is 16.3 Å². The van der Waals surface area contributed by atoms with Crippen LogP contribution in [0.25, 0.3) is 0 Å². The molecule has 0 aliphatic heterocycles. The van der Waals surface area contributed by atoms with Crippen molar-refractivity contribution in [2.24, 2.45) is 11.8 Å². The maximum absolute atomic E-state index is 12.1. The Kier molecular flexibility index (Phi) is 5.29. The third-order valence-corrected chi connectivity index (χ3v) is 5.49. The Morgan fingerprint density at radius 1 is 1.32 bits per heavy atom. The Labute approximate surface area is 136 Å². The summed E-state index contributed by atoms with van der Waals surface area (Å²) in [5.41, 5.74) is 0.198. The number of hydrogen-bond donors (Lipinski definition) is 0. The average molecular weight is 343 g/mol. The highest BCUT2D eigenvalue weighted by Crippen LogP contribution is 2.26. The van der Waals surface area contributed by atoms with E-state index in [2.05, 4.69) is 19.1 Å². The fraction of sp³-hybridized carbons (Fsp3) is 0.438. The summed E-state index contributed by atoms with van der Waals surface area (Å²) >= 11 is 5.86. The van der Waals surface area contributed by atoms with Crippen molar-refractivity contribution < 1.29 is 17.9 Å². The maximum atomic E-state index is 12.1. The second-order valence-corrected chi connectivity index (χ2v) is 8.09. The first-order valence-electron chi connectivity index (χ1n) is 7.10. The van der Waals surface area contributed by atoms with Gasteiger partial charge in [-0.2, -0.15) is 0 Å². The molecule has 2 atom stereocenters. The van der Waals surface area contributed by atoms with Gasteiger partial charge in [0.15, 0.2) is 9.84 Å². The van der Waals surface area contributed by atoms with E-state index in [9.17, 15) is 13.2 Å². The molecule has 0 amide bonds. The zero-order valence-corrected chi connectivity index (χ0v) is 14.2. The number of rotatable bonds is 4. The number of allylic oxidation sites excluding steroid dienone is 2. The summed E-state index contributed by atoms with van der Waals surface area (Å²) in [7, 11) is -3.48. The van der Waals surface area contributed by atoms with E-state index < -0.39 is 15.8 Å². The third kappa shape index (κ3) is 4.11. The van der Waals surface area contributed by atoms with Gasteiger partial charge in [0.1, 0.15) is 0 Å². The quantitative estimate of drug-likeness (QED) is 0.620. The summed E-state index contributed by atoms with van der Waals surface area (Å²) in [4.78, 5) is 12.0. The molecule has 0 aromatic heterocycles. The number of halogens is 1. The van der Waals surface area contributed by atoms with Crippen LogP contribution in [0.3, 0.4) is 0 Å². The van der Waals surface area contributed by atoms with Gasteiger partial charge in [0.25, 0.3) is 0 Å². The highest BCUT2D eigenvalue weighted by atomic mass is 35.5. The summed E-state index contributed by atoms with van der Waals surface area (Å²) in [6.45, 7) is 2.47. The Morgan fingerprint density at radius 3 is 2.64 bits per heavy atom. The first-order chi connectivity index (χ1) is 10.3. The molecule has 22 heavy (non-hydrogen) atoms. The van der Waals surface area contributed by atoms with Crippen molar-refractivity contribution in [1.29, 1.82) is 0 Å². The van der Waals surface area contributed by atoms with E-state index in [0.29, 0.717) is 18.4 Å². The summed E-state index contributed by atoms with van der Waals surface area (Å²) < 4.78 is 28.6. The maximum Gasteiger partial charge on any atom is 0.338 e. The van der Waals surface area contributed by atoms with Crippen LogP contribution >= 0.6 is 11.6 Å². The first kappa shape index (κ1) is 17.0. The van der Waals surface area contributed by atoms with Gasteiger partial charge in [-0.3, -0.25) is 0 Å². The van der Waals surface area contributed by atoms with E-state index in [1.807, 2.05) is 0 Å². The van der Waals surface area contributed by atoms with E-state index in [-0.39, 0.29) is 15.5 Å². The monoisotopic (exact) mass is 342 g/mol. The number of carbonyl (C=O) groups is 1. The van der Waals surface area contributed by atoms with Gasteiger partial charge < -0.3 is 4.74 Å². The molecule has 0 bridgehead atoms. The molecule has 0 saturated heterocycles. The largest absolute Gasteiger partial charge is 0.462 e. The SMILES string of the molecule is CC1CC=CCC1COC(=O)c1ccc(Cl)c(S(C)(=O)=O)c1. The molecule has 0 radical (unpaired) electrons. The number of benzene rings is 1. The zero-order chi connectivity index (χ0) is 16.3. The van der Waals surface area contributed by atoms with Gasteiger partial charge in [0, 0.05) is 6.26 Å². The van der Waals surface area contributed by atoms with Crippen molar-refractivity contribution in [3.05, 3.63) is 40.9 Å². The lowest BCUT2D eigenvalue weighted by Gasteiger charge is -2.24. The van der Waals surface area contributed by atoms with Gasteiger partial charge in [0.05, 0.1) is 22.1 Å². The van der Waals surface area contributed by atoms with Crippen LogP contribution in [0.4, 0.5) is 0 Å². The second-order valence-electron chi connectivity index (χ2n) is 5.70. The standard InChI is InChI=1S/C16H19ClO4S/c1-11-5-3-4-6-13(11)10-21-16(18)12-7-8-14(17)15(9-12)22(2,19)20/h3-4,7-9,11,13H,5-6,10H2,1-2H3. The zero-order valence-electron chi connectivity index (χ0n) is 12.6. The lowest BCUT2D eigenvalue weighted by Crippen LogP contribution is -2.21. The molecule has 2 rings (SSSR count). The molecule has 0 heterocycles. The highest BCUT2D eigenvalue weighted by Gasteiger charge is 2.21. The number of esters is 1. The smallest absolute Gasteiger partial charge is 0.338 e. The number of sulfone groups is 1. The molecular formula is C16H19ClO4S. The summed E-state index contributed by atoms with van der Waals surface area (Å²) in [5.74, 6) is 0.244. The number of hydrogen-bond acceptors (Lipinski definition) is 4. The molecular weight excluding hydrogens is 324 g/mol. The van der Waals surface area contributed by atoms with Gasteiger partial charge in [-0.1, -0.05) is 30.7 Å². The van der Waals surface area contributed by atoms with Crippen LogP contribution in [0.1, 0.15) is 30.1 Å². The molecule has 1 aromatic carbocycles. The van der Waals surface area contributed by atoms with E-state index in [1.165, 1.54) is 18.2 Å². The van der Waals surface area contributed by atoms with Crippen LogP contribution in [0.5, 0.6) is 0 Å². The molecule has 6 heteroatoms. The molecule has 0 spiro atoms. The van der Waals surface area contributed by atoms with Gasteiger partial charge in [-0.05, 0) is 42.9 Å². The Balaban J connectivity index is 2.08. The third-order valence-electron chi connectivity index (χ3n) is 3.91. The van der Waals surface area contributed by atoms with Crippen molar-refractivity contribution in [3.8, 4) is 0 Å². The van der Waals surface area contributed by atoms with E-state index >= 15 is 0 Å². The van der Waals surface area contributed by atoms with Crippen LogP contribution in [-0.4, -0.2) is 27.2 Å². The molecule has 1 aliphatic rings. The minimum absolute atomic E-state index is 0.0578. The predicted octanol–water partition coefficient (Wildman–Crippen LogP) is 3.50. The second kappa shape index (κ2) is 6.84. The summed E-state index contributed by atoms with van der Waals surface area (Å²) in [6, 6.07) is 4.15. The highest BCUT2D eigenvalue weighted by molar-refractivity contribution is 7.90. The molecule has 4 nitrogen and oxygen atoms in total. The van der Waals surface area contributed by atoms with Crippen LogP contribution < -0.4 is 0 Å². The summed E-state index contributed by atoms with van der Waals surface area (Å²) in [6.07, 6.45) is 7.17. The van der Waals surface area contributed by atoms with Crippen molar-refractivity contribution in [3.63, 3.8) is 0 Å². The van der Waals surface area contributed by atoms with E-state index in [1.54, 1.807) is 0 Å². The van der Waals surface area contributed by atoms with Crippen molar-refractivity contribution in [1.82, 2.24) is 0 Å². The molecule has 2 unspecified atom stereocenters. The minimum atomic E-state index is -3.48. The lowest BCUT2D eigenvalue weighted by atomic mass is 9.85. The predicted molar refractivity (Wildman–Crippen MR) is 85.9 cm³/mol. The van der Waals surface area contributed by atoms with Gasteiger partial charge in [-0.15, -0.1) is 0 Å². The van der Waals surface area contributed by atoms with Crippen molar-refractivity contribution in [2.75, 3.05) is 12.9 Å².